The average Bonchev–Trinajstić information content (AvgIpc) is 3.78. The highest BCUT2D eigenvalue weighted by atomic mass is 15.0. The highest BCUT2D eigenvalue weighted by Gasteiger charge is 2.29. The second-order valence-electron chi connectivity index (χ2n) is 16.0. The summed E-state index contributed by atoms with van der Waals surface area (Å²) < 4.78 is 4.95. The van der Waals surface area contributed by atoms with Crippen molar-refractivity contribution in [3.05, 3.63) is 217 Å². The summed E-state index contributed by atoms with van der Waals surface area (Å²) in [5.41, 5.74) is 16.6. The van der Waals surface area contributed by atoms with Crippen LogP contribution in [0.1, 0.15) is 29.3 Å². The van der Waals surface area contributed by atoms with Gasteiger partial charge in [-0.25, -0.2) is 9.97 Å². The van der Waals surface area contributed by atoms with E-state index in [1.165, 1.54) is 65.9 Å². The molecule has 0 saturated heterocycles. The Morgan fingerprint density at radius 2 is 1.02 bits per heavy atom. The van der Waals surface area contributed by atoms with Crippen molar-refractivity contribution < 1.29 is 0 Å². The van der Waals surface area contributed by atoms with E-state index in [1.54, 1.807) is 0 Å². The number of para-hydroxylation sites is 3. The summed E-state index contributed by atoms with van der Waals surface area (Å²) in [4.78, 5) is 10.7. The monoisotopic (exact) mass is 768 g/mol. The van der Waals surface area contributed by atoms with Crippen LogP contribution in [0.25, 0.3) is 88.6 Å². The maximum atomic E-state index is 5.35. The highest BCUT2D eigenvalue weighted by Crippen LogP contribution is 2.47. The first-order chi connectivity index (χ1) is 29.8. The van der Waals surface area contributed by atoms with Gasteiger partial charge in [0.2, 0.25) is 0 Å². The number of hydrogen-bond acceptors (Lipinski definition) is 2. The molecule has 12 rings (SSSR count). The Kier molecular flexibility index (Phi) is 8.09. The van der Waals surface area contributed by atoms with E-state index in [-0.39, 0.29) is 5.92 Å². The first-order valence-corrected chi connectivity index (χ1v) is 21.0. The predicted octanol–water partition coefficient (Wildman–Crippen LogP) is 13.9. The van der Waals surface area contributed by atoms with E-state index in [1.807, 2.05) is 0 Å². The molecule has 3 heterocycles. The largest absolute Gasteiger partial charge is 0.309 e. The van der Waals surface area contributed by atoms with Gasteiger partial charge in [0.15, 0.2) is 0 Å². The Labute approximate surface area is 348 Å². The molecule has 0 saturated carbocycles. The lowest BCUT2D eigenvalue weighted by Gasteiger charge is -2.21. The van der Waals surface area contributed by atoms with Gasteiger partial charge in [0.1, 0.15) is 5.82 Å². The van der Waals surface area contributed by atoms with Gasteiger partial charge in [-0.3, -0.25) is 0 Å². The van der Waals surface area contributed by atoms with Gasteiger partial charge in [-0.1, -0.05) is 152 Å². The Bertz CT molecular complexity index is 3290. The van der Waals surface area contributed by atoms with Gasteiger partial charge < -0.3 is 9.13 Å². The van der Waals surface area contributed by atoms with Crippen LogP contribution < -0.4 is 0 Å². The first kappa shape index (κ1) is 34.5. The van der Waals surface area contributed by atoms with Crippen LogP contribution in [-0.4, -0.2) is 19.1 Å². The second kappa shape index (κ2) is 14.1. The summed E-state index contributed by atoms with van der Waals surface area (Å²) in [6, 6.07) is 72.5. The molecule has 4 nitrogen and oxygen atoms in total. The molecule has 0 fully saturated rings. The third kappa shape index (κ3) is 5.60. The average molecular weight is 769 g/mol. The van der Waals surface area contributed by atoms with E-state index >= 15 is 0 Å². The Balaban J connectivity index is 1.12. The number of aromatic nitrogens is 4. The third-order valence-electron chi connectivity index (χ3n) is 12.6. The molecule has 0 spiro atoms. The summed E-state index contributed by atoms with van der Waals surface area (Å²) in [5.74, 6) is 1.01. The Hall–Kier alpha value is -7.56. The Morgan fingerprint density at radius 3 is 1.70 bits per heavy atom. The standard InChI is InChI=1S/C56H40N4/c1-4-17-38(18-5-1)49-36-50(39-19-6-2-7-20-39)58-54(57-49)34-40-29-28-37-16-10-11-23-43(37)46-31-32-47-48-35-42(59-51-26-14-12-24-44(51)45-25-13-15-27-52(45)59)30-33-53(48)60(56(47)55(40)46)41-21-8-3-9-22-41/h1-27,30-33,35-36,40H,28-29,34H2. The zero-order chi connectivity index (χ0) is 39.6. The van der Waals surface area contributed by atoms with Crippen molar-refractivity contribution >= 4 is 43.6 Å². The van der Waals surface area contributed by atoms with Crippen molar-refractivity contribution in [1.82, 2.24) is 19.1 Å². The van der Waals surface area contributed by atoms with Crippen molar-refractivity contribution in [2.45, 2.75) is 25.2 Å². The molecule has 4 heteroatoms. The molecule has 1 atom stereocenters. The van der Waals surface area contributed by atoms with Gasteiger partial charge >= 0.3 is 0 Å². The van der Waals surface area contributed by atoms with Crippen molar-refractivity contribution in [2.75, 3.05) is 0 Å². The van der Waals surface area contributed by atoms with Crippen molar-refractivity contribution in [2.24, 2.45) is 0 Å². The van der Waals surface area contributed by atoms with Gasteiger partial charge in [0.25, 0.3) is 0 Å². The fourth-order valence-electron chi connectivity index (χ4n) is 9.96. The maximum absolute atomic E-state index is 5.35. The molecule has 1 aliphatic carbocycles. The van der Waals surface area contributed by atoms with Crippen LogP contribution in [0.15, 0.2) is 200 Å². The van der Waals surface area contributed by atoms with Crippen LogP contribution in [-0.2, 0) is 12.8 Å². The van der Waals surface area contributed by atoms with Crippen LogP contribution in [0.2, 0.25) is 0 Å². The van der Waals surface area contributed by atoms with Gasteiger partial charge in [0.05, 0.1) is 33.5 Å². The molecule has 284 valence electrons. The predicted molar refractivity (Wildman–Crippen MR) is 248 cm³/mol. The normalized spacial score (nSPS) is 13.8. The summed E-state index contributed by atoms with van der Waals surface area (Å²) >= 11 is 0. The SMILES string of the molecule is c1ccc(-c2cc(-c3ccccc3)nc(CC3CCc4ccccc4-c4ccc5c6cc(-n7c8ccccc8c8ccccc87)ccc6n(-c6ccccc6)c5c43)n2)cc1. The number of benzene rings is 8. The van der Waals surface area contributed by atoms with Gasteiger partial charge in [-0.05, 0) is 89.5 Å². The van der Waals surface area contributed by atoms with Crippen molar-refractivity contribution in [1.29, 1.82) is 0 Å². The van der Waals surface area contributed by atoms with Gasteiger partial charge in [0, 0.05) is 50.5 Å². The minimum absolute atomic E-state index is 0.148. The molecule has 8 aromatic carbocycles. The van der Waals surface area contributed by atoms with E-state index in [4.69, 9.17) is 9.97 Å². The number of aryl methyl sites for hydroxylation is 1. The van der Waals surface area contributed by atoms with E-state index in [0.717, 1.165) is 52.6 Å². The quantitative estimate of drug-likeness (QED) is 0.169. The number of nitrogens with zero attached hydrogens (tertiary/aromatic N) is 4. The number of fused-ring (bicyclic) bond motifs is 10. The summed E-state index contributed by atoms with van der Waals surface area (Å²) in [6.45, 7) is 0. The van der Waals surface area contributed by atoms with Crippen molar-refractivity contribution in [3.8, 4) is 45.0 Å². The van der Waals surface area contributed by atoms with E-state index in [9.17, 15) is 0 Å². The molecule has 60 heavy (non-hydrogen) atoms. The maximum Gasteiger partial charge on any atom is 0.130 e. The molecule has 0 N–H and O–H groups in total. The lowest BCUT2D eigenvalue weighted by Crippen LogP contribution is -2.10. The second-order valence-corrected chi connectivity index (χ2v) is 16.0. The van der Waals surface area contributed by atoms with E-state index in [0.29, 0.717) is 6.42 Å². The summed E-state index contributed by atoms with van der Waals surface area (Å²) in [6.07, 6.45) is 2.67. The molecule has 0 amide bonds. The molecule has 1 aliphatic rings. The van der Waals surface area contributed by atoms with Crippen molar-refractivity contribution in [3.63, 3.8) is 0 Å². The minimum atomic E-state index is 0.148. The molecule has 0 bridgehead atoms. The zero-order valence-corrected chi connectivity index (χ0v) is 33.0. The molecule has 3 aromatic heterocycles. The molecule has 11 aromatic rings. The van der Waals surface area contributed by atoms with Gasteiger partial charge in [-0.15, -0.1) is 0 Å². The number of rotatable bonds is 6. The van der Waals surface area contributed by atoms with Crippen LogP contribution in [0.3, 0.4) is 0 Å². The minimum Gasteiger partial charge on any atom is -0.309 e. The third-order valence-corrected chi connectivity index (χ3v) is 12.6. The van der Waals surface area contributed by atoms with Crippen LogP contribution in [0.5, 0.6) is 0 Å². The highest BCUT2D eigenvalue weighted by molar-refractivity contribution is 6.14. The molecular formula is C56H40N4. The smallest absolute Gasteiger partial charge is 0.130 e. The van der Waals surface area contributed by atoms with Crippen LogP contribution in [0, 0.1) is 0 Å². The summed E-state index contributed by atoms with van der Waals surface area (Å²) in [5, 5.41) is 5.02. The fourth-order valence-corrected chi connectivity index (χ4v) is 9.96. The lowest BCUT2D eigenvalue weighted by atomic mass is 9.86. The first-order valence-electron chi connectivity index (χ1n) is 21.0. The van der Waals surface area contributed by atoms with E-state index < -0.39 is 0 Å². The number of hydrogen-bond donors (Lipinski definition) is 0. The molecule has 0 aliphatic heterocycles. The summed E-state index contributed by atoms with van der Waals surface area (Å²) in [7, 11) is 0. The topological polar surface area (TPSA) is 35.6 Å². The molecule has 0 radical (unpaired) electrons. The Morgan fingerprint density at radius 1 is 0.433 bits per heavy atom. The van der Waals surface area contributed by atoms with Crippen LogP contribution in [0.4, 0.5) is 0 Å². The van der Waals surface area contributed by atoms with Gasteiger partial charge in [-0.2, -0.15) is 0 Å². The molecule has 1 unspecified atom stereocenters. The lowest BCUT2D eigenvalue weighted by molar-refractivity contribution is 0.612. The fraction of sp³-hybridized carbons (Fsp3) is 0.0714. The van der Waals surface area contributed by atoms with Crippen LogP contribution >= 0.6 is 0 Å². The van der Waals surface area contributed by atoms with E-state index in [2.05, 4.69) is 209 Å². The zero-order valence-electron chi connectivity index (χ0n) is 33.0. The molecular weight excluding hydrogens is 729 g/mol.